The third-order valence-corrected chi connectivity index (χ3v) is 10.2. The molecule has 0 aromatic carbocycles. The molecule has 0 aromatic rings. The maximum Gasteiger partial charge on any atom is 0.322 e. The summed E-state index contributed by atoms with van der Waals surface area (Å²) in [6.45, 7) is 4.12. The number of carbonyl (C=O) groups excluding carboxylic acids is 2. The van der Waals surface area contributed by atoms with E-state index in [1.165, 1.54) is 103 Å². The van der Waals surface area contributed by atoms with Crippen molar-refractivity contribution in [3.63, 3.8) is 0 Å². The SMILES string of the molecule is CC/C=C\C/C=C\C/C=C\C/C=C\CCCCCCCCCCC(=O)OC(CCC/C=C\CCCCCCCCCC)CCCCCCCC(=O)NCC(=O)O. The van der Waals surface area contributed by atoms with E-state index in [1.807, 2.05) is 0 Å². The lowest BCUT2D eigenvalue weighted by Crippen LogP contribution is -2.28. The second-order valence-electron chi connectivity index (χ2n) is 15.6. The van der Waals surface area contributed by atoms with Crippen LogP contribution < -0.4 is 5.32 Å². The fourth-order valence-corrected chi connectivity index (χ4v) is 6.74. The number of carbonyl (C=O) groups is 3. The molecule has 322 valence electrons. The first-order valence-corrected chi connectivity index (χ1v) is 23.4. The molecule has 0 aromatic heterocycles. The fraction of sp³-hybridized carbons (Fsp3) is 0.740. The van der Waals surface area contributed by atoms with E-state index in [0.717, 1.165) is 96.3 Å². The summed E-state index contributed by atoms with van der Waals surface area (Å²) in [6, 6.07) is 0. The summed E-state index contributed by atoms with van der Waals surface area (Å²) >= 11 is 0. The van der Waals surface area contributed by atoms with Gasteiger partial charge in [-0.15, -0.1) is 0 Å². The summed E-state index contributed by atoms with van der Waals surface area (Å²) in [5, 5.41) is 11.1. The van der Waals surface area contributed by atoms with Crippen LogP contribution in [-0.4, -0.2) is 35.6 Å². The van der Waals surface area contributed by atoms with Crippen molar-refractivity contribution in [3.8, 4) is 0 Å². The van der Waals surface area contributed by atoms with Gasteiger partial charge >= 0.3 is 11.9 Å². The summed E-state index contributed by atoms with van der Waals surface area (Å²) < 4.78 is 6.03. The van der Waals surface area contributed by atoms with Crippen molar-refractivity contribution in [2.75, 3.05) is 6.54 Å². The highest BCUT2D eigenvalue weighted by Gasteiger charge is 2.14. The van der Waals surface area contributed by atoms with Gasteiger partial charge < -0.3 is 15.2 Å². The molecule has 0 saturated carbocycles. The largest absolute Gasteiger partial charge is 0.480 e. The number of allylic oxidation sites excluding steroid dienone is 10. The monoisotopic (exact) mass is 782 g/mol. The van der Waals surface area contributed by atoms with Gasteiger partial charge in [0, 0.05) is 12.8 Å². The molecule has 0 aliphatic rings. The molecule has 0 heterocycles. The number of carboxylic acids is 1. The minimum Gasteiger partial charge on any atom is -0.480 e. The Balaban J connectivity index is 4.16. The lowest BCUT2D eigenvalue weighted by molar-refractivity contribution is -0.150. The smallest absolute Gasteiger partial charge is 0.322 e. The summed E-state index contributed by atoms with van der Waals surface area (Å²) in [5.74, 6) is -1.26. The van der Waals surface area contributed by atoms with Gasteiger partial charge in [-0.05, 0) is 96.3 Å². The predicted octanol–water partition coefficient (Wildman–Crippen LogP) is 14.8. The van der Waals surface area contributed by atoms with E-state index in [4.69, 9.17) is 9.84 Å². The number of amides is 1. The Kier molecular flexibility index (Phi) is 42.5. The molecule has 0 fully saturated rings. The van der Waals surface area contributed by atoms with Gasteiger partial charge in [0.1, 0.15) is 12.6 Å². The van der Waals surface area contributed by atoms with Crippen LogP contribution in [0.25, 0.3) is 0 Å². The molecule has 1 unspecified atom stereocenters. The molecule has 6 nitrogen and oxygen atoms in total. The lowest BCUT2D eigenvalue weighted by atomic mass is 10.0. The molecule has 0 bridgehead atoms. The molecular weight excluding hydrogens is 695 g/mol. The van der Waals surface area contributed by atoms with Crippen molar-refractivity contribution in [2.24, 2.45) is 0 Å². The van der Waals surface area contributed by atoms with Gasteiger partial charge in [-0.2, -0.15) is 0 Å². The molecule has 0 aliphatic carbocycles. The summed E-state index contributed by atoms with van der Waals surface area (Å²) in [5.41, 5.74) is 0. The van der Waals surface area contributed by atoms with Crippen molar-refractivity contribution in [2.45, 2.75) is 232 Å². The molecule has 0 spiro atoms. The number of esters is 1. The first kappa shape index (κ1) is 53.1. The van der Waals surface area contributed by atoms with Crippen LogP contribution >= 0.6 is 0 Å². The number of carboxylic acid groups (broad SMARTS) is 1. The predicted molar refractivity (Wildman–Crippen MR) is 240 cm³/mol. The highest BCUT2D eigenvalue weighted by molar-refractivity contribution is 5.80. The van der Waals surface area contributed by atoms with Gasteiger partial charge in [-0.3, -0.25) is 14.4 Å². The first-order valence-electron chi connectivity index (χ1n) is 23.4. The Morgan fingerprint density at radius 2 is 0.893 bits per heavy atom. The Labute approximate surface area is 345 Å². The average molecular weight is 782 g/mol. The zero-order valence-electron chi connectivity index (χ0n) is 36.5. The fourth-order valence-electron chi connectivity index (χ4n) is 6.74. The molecule has 2 N–H and O–H groups in total. The number of ether oxygens (including phenoxy) is 1. The highest BCUT2D eigenvalue weighted by atomic mass is 16.5. The standard InChI is InChI=1S/C50H87NO5/c1-3-5-7-9-11-13-15-17-18-19-20-21-22-23-24-26-28-30-32-37-41-45-50(55)56-47(43-39-35-33-36-40-44-48(52)51-46-49(53)54)42-38-34-31-29-27-25-16-14-12-10-8-6-4-2/h5,7,11,13,17-18,20-21,29,31,47H,3-4,6,8-10,12,14-16,19,22-28,30,32-46H2,1-2H3,(H,51,52)(H,53,54)/b7-5-,13-11-,18-17-,21-20-,31-29-. The normalized spacial score (nSPS) is 12.6. The molecule has 6 heteroatoms. The van der Waals surface area contributed by atoms with Gasteiger partial charge in [0.15, 0.2) is 0 Å². The topological polar surface area (TPSA) is 92.7 Å². The van der Waals surface area contributed by atoms with E-state index < -0.39 is 5.97 Å². The van der Waals surface area contributed by atoms with Crippen molar-refractivity contribution in [1.82, 2.24) is 5.32 Å². The Hall–Kier alpha value is -2.89. The molecular formula is C50H87NO5. The van der Waals surface area contributed by atoms with Crippen molar-refractivity contribution < 1.29 is 24.2 Å². The van der Waals surface area contributed by atoms with Gasteiger partial charge in [0.25, 0.3) is 0 Å². The van der Waals surface area contributed by atoms with Gasteiger partial charge in [0.2, 0.25) is 5.91 Å². The molecule has 56 heavy (non-hydrogen) atoms. The third kappa shape index (κ3) is 43.8. The number of nitrogens with one attached hydrogen (secondary N) is 1. The van der Waals surface area contributed by atoms with Crippen LogP contribution in [0.2, 0.25) is 0 Å². The Morgan fingerprint density at radius 1 is 0.482 bits per heavy atom. The molecule has 1 amide bonds. The van der Waals surface area contributed by atoms with Gasteiger partial charge in [0.05, 0.1) is 0 Å². The number of hydrogen-bond donors (Lipinski definition) is 2. The maximum atomic E-state index is 12.8. The molecule has 0 saturated heterocycles. The molecule has 0 radical (unpaired) electrons. The number of rotatable bonds is 42. The quantitative estimate of drug-likeness (QED) is 0.0365. The average Bonchev–Trinajstić information content (AvgIpc) is 3.18. The minimum absolute atomic E-state index is 0.0120. The van der Waals surface area contributed by atoms with Crippen LogP contribution in [0.15, 0.2) is 60.8 Å². The summed E-state index contributed by atoms with van der Waals surface area (Å²) in [4.78, 5) is 35.1. The first-order chi connectivity index (χ1) is 27.5. The third-order valence-electron chi connectivity index (χ3n) is 10.2. The number of hydrogen-bond acceptors (Lipinski definition) is 4. The number of unbranched alkanes of at least 4 members (excludes halogenated alkanes) is 21. The minimum atomic E-state index is -1.02. The van der Waals surface area contributed by atoms with Crippen LogP contribution in [0.3, 0.4) is 0 Å². The summed E-state index contributed by atoms with van der Waals surface area (Å²) in [7, 11) is 0. The van der Waals surface area contributed by atoms with E-state index in [9.17, 15) is 14.4 Å². The van der Waals surface area contributed by atoms with Crippen LogP contribution in [0.4, 0.5) is 0 Å². The second kappa shape index (κ2) is 44.8. The van der Waals surface area contributed by atoms with Crippen LogP contribution in [0.1, 0.15) is 226 Å². The maximum absolute atomic E-state index is 12.8. The van der Waals surface area contributed by atoms with Crippen molar-refractivity contribution >= 4 is 17.8 Å². The van der Waals surface area contributed by atoms with Crippen molar-refractivity contribution in [1.29, 1.82) is 0 Å². The van der Waals surface area contributed by atoms with E-state index in [1.54, 1.807) is 0 Å². The summed E-state index contributed by atoms with van der Waals surface area (Å²) in [6.07, 6.45) is 59.2. The zero-order valence-corrected chi connectivity index (χ0v) is 36.5. The molecule has 1 atom stereocenters. The Bertz CT molecular complexity index is 1040. The highest BCUT2D eigenvalue weighted by Crippen LogP contribution is 2.18. The molecule has 0 rings (SSSR count). The van der Waals surface area contributed by atoms with Crippen molar-refractivity contribution in [3.05, 3.63) is 60.8 Å². The van der Waals surface area contributed by atoms with Crippen LogP contribution in [-0.2, 0) is 19.1 Å². The van der Waals surface area contributed by atoms with Crippen LogP contribution in [0, 0.1) is 0 Å². The molecule has 0 aliphatic heterocycles. The number of aliphatic carboxylic acids is 1. The van der Waals surface area contributed by atoms with E-state index in [2.05, 4.69) is 79.9 Å². The van der Waals surface area contributed by atoms with E-state index in [0.29, 0.717) is 12.8 Å². The zero-order chi connectivity index (χ0) is 40.8. The lowest BCUT2D eigenvalue weighted by Gasteiger charge is -2.18. The van der Waals surface area contributed by atoms with Gasteiger partial charge in [-0.25, -0.2) is 0 Å². The van der Waals surface area contributed by atoms with E-state index >= 15 is 0 Å². The second-order valence-corrected chi connectivity index (χ2v) is 15.6. The Morgan fingerprint density at radius 3 is 1.43 bits per heavy atom. The van der Waals surface area contributed by atoms with Crippen LogP contribution in [0.5, 0.6) is 0 Å². The van der Waals surface area contributed by atoms with Gasteiger partial charge in [-0.1, -0.05) is 177 Å². The van der Waals surface area contributed by atoms with E-state index in [-0.39, 0.29) is 24.5 Å².